The number of ether oxygens (including phenoxy) is 4. The van der Waals surface area contributed by atoms with Crippen LogP contribution >= 0.6 is 35.0 Å². The van der Waals surface area contributed by atoms with Crippen LogP contribution in [-0.2, 0) is 20.8 Å². The third-order valence-electron chi connectivity index (χ3n) is 6.86. The molecule has 3 aromatic rings. The summed E-state index contributed by atoms with van der Waals surface area (Å²) in [7, 11) is 0. The fraction of sp³-hybridized carbons (Fsp3) is 0.424. The zero-order valence-corrected chi connectivity index (χ0v) is 27.3. The Morgan fingerprint density at radius 2 is 1.69 bits per heavy atom. The Kier molecular flexibility index (Phi) is 10.4. The molecular formula is C33H39Cl2NO5S. The van der Waals surface area contributed by atoms with Crippen LogP contribution in [0.5, 0.6) is 5.75 Å². The smallest absolute Gasteiger partial charge is 0.408 e. The molecule has 6 nitrogen and oxygen atoms in total. The predicted molar refractivity (Wildman–Crippen MR) is 169 cm³/mol. The van der Waals surface area contributed by atoms with E-state index in [2.05, 4.69) is 12.2 Å². The number of rotatable bonds is 9. The van der Waals surface area contributed by atoms with E-state index in [-0.39, 0.29) is 19.1 Å². The number of carbonyl (C=O) groups is 1. The minimum atomic E-state index is -0.862. The van der Waals surface area contributed by atoms with Gasteiger partial charge in [-0.15, -0.1) is 0 Å². The van der Waals surface area contributed by atoms with Crippen LogP contribution in [0.1, 0.15) is 65.0 Å². The van der Waals surface area contributed by atoms with Gasteiger partial charge in [-0.1, -0.05) is 66.2 Å². The Balaban J connectivity index is 1.52. The Morgan fingerprint density at radius 3 is 2.33 bits per heavy atom. The molecule has 0 spiro atoms. The third-order valence-corrected chi connectivity index (χ3v) is 8.40. The monoisotopic (exact) mass is 631 g/mol. The van der Waals surface area contributed by atoms with E-state index in [9.17, 15) is 4.79 Å². The van der Waals surface area contributed by atoms with E-state index in [1.54, 1.807) is 11.8 Å². The molecule has 1 aliphatic rings. The lowest BCUT2D eigenvalue weighted by Crippen LogP contribution is -2.64. The molecular weight excluding hydrogens is 593 g/mol. The van der Waals surface area contributed by atoms with E-state index in [1.807, 2.05) is 101 Å². The molecule has 42 heavy (non-hydrogen) atoms. The van der Waals surface area contributed by atoms with Crippen LogP contribution in [0.3, 0.4) is 0 Å². The second kappa shape index (κ2) is 13.5. The normalized spacial score (nSPS) is 16.9. The molecule has 1 unspecified atom stereocenters. The first-order chi connectivity index (χ1) is 19.8. The van der Waals surface area contributed by atoms with Crippen molar-refractivity contribution in [3.05, 3.63) is 87.9 Å². The summed E-state index contributed by atoms with van der Waals surface area (Å²) in [5.41, 5.74) is 0.408. The molecule has 0 saturated carbocycles. The summed E-state index contributed by atoms with van der Waals surface area (Å²) in [6, 6.07) is 21.6. The van der Waals surface area contributed by atoms with Gasteiger partial charge in [-0.3, -0.25) is 0 Å². The predicted octanol–water partition coefficient (Wildman–Crippen LogP) is 9.26. The summed E-state index contributed by atoms with van der Waals surface area (Å²) in [6.45, 7) is 12.2. The van der Waals surface area contributed by atoms with Crippen molar-refractivity contribution < 1.29 is 23.7 Å². The average molecular weight is 633 g/mol. The molecule has 1 saturated heterocycles. The van der Waals surface area contributed by atoms with Crippen molar-refractivity contribution in [2.75, 3.05) is 13.2 Å². The van der Waals surface area contributed by atoms with Crippen molar-refractivity contribution in [2.24, 2.45) is 0 Å². The molecule has 1 amide bonds. The lowest BCUT2D eigenvalue weighted by molar-refractivity contribution is -0.273. The summed E-state index contributed by atoms with van der Waals surface area (Å²) in [5, 5.41) is 4.39. The van der Waals surface area contributed by atoms with Gasteiger partial charge < -0.3 is 24.3 Å². The summed E-state index contributed by atoms with van der Waals surface area (Å²) >= 11 is 14.6. The van der Waals surface area contributed by atoms with Crippen molar-refractivity contribution >= 4 is 41.1 Å². The van der Waals surface area contributed by atoms with E-state index >= 15 is 0 Å². The zero-order valence-electron chi connectivity index (χ0n) is 25.0. The fourth-order valence-electron chi connectivity index (χ4n) is 4.88. The van der Waals surface area contributed by atoms with Crippen molar-refractivity contribution in [3.63, 3.8) is 0 Å². The highest BCUT2D eigenvalue weighted by atomic mass is 35.5. The van der Waals surface area contributed by atoms with Gasteiger partial charge in [0, 0.05) is 25.8 Å². The molecule has 0 radical (unpaired) electrons. The van der Waals surface area contributed by atoms with Crippen molar-refractivity contribution in [3.8, 4) is 5.75 Å². The van der Waals surface area contributed by atoms with E-state index < -0.39 is 23.0 Å². The second-order valence-corrected chi connectivity index (χ2v) is 13.9. The van der Waals surface area contributed by atoms with Gasteiger partial charge in [0.05, 0.1) is 18.8 Å². The summed E-state index contributed by atoms with van der Waals surface area (Å²) < 4.78 is 23.7. The molecule has 1 heterocycles. The molecule has 1 atom stereocenters. The first-order valence-electron chi connectivity index (χ1n) is 14.0. The van der Waals surface area contributed by atoms with Crippen LogP contribution in [0.25, 0.3) is 0 Å². The van der Waals surface area contributed by atoms with Crippen molar-refractivity contribution in [1.82, 2.24) is 5.32 Å². The van der Waals surface area contributed by atoms with E-state index in [0.717, 1.165) is 26.7 Å². The highest BCUT2D eigenvalue weighted by molar-refractivity contribution is 7.99. The van der Waals surface area contributed by atoms with Crippen LogP contribution < -0.4 is 10.1 Å². The maximum atomic E-state index is 13.0. The lowest BCUT2D eigenvalue weighted by Gasteiger charge is -2.48. The number of alkyl carbamates (subject to hydrolysis) is 1. The number of nitrogens with one attached hydrogen (secondary N) is 1. The highest BCUT2D eigenvalue weighted by Gasteiger charge is 2.48. The van der Waals surface area contributed by atoms with Crippen LogP contribution in [-0.4, -0.2) is 36.2 Å². The van der Waals surface area contributed by atoms with Gasteiger partial charge in [0.2, 0.25) is 0 Å². The molecule has 4 rings (SSSR count). The fourth-order valence-corrected chi connectivity index (χ4v) is 6.37. The Hall–Kier alpha value is -2.42. The maximum Gasteiger partial charge on any atom is 0.408 e. The van der Waals surface area contributed by atoms with Gasteiger partial charge >= 0.3 is 6.09 Å². The molecule has 3 aromatic carbocycles. The maximum absolute atomic E-state index is 13.0. The molecule has 1 N–H and O–H groups in total. The summed E-state index contributed by atoms with van der Waals surface area (Å²) in [5.74, 6) is -0.173. The van der Waals surface area contributed by atoms with Gasteiger partial charge in [0.15, 0.2) is 5.79 Å². The molecule has 9 heteroatoms. The van der Waals surface area contributed by atoms with Crippen LogP contribution in [0.4, 0.5) is 4.79 Å². The topological polar surface area (TPSA) is 66.0 Å². The van der Waals surface area contributed by atoms with Crippen LogP contribution in [0, 0.1) is 0 Å². The molecule has 0 aliphatic carbocycles. The van der Waals surface area contributed by atoms with Gasteiger partial charge in [-0.05, 0) is 94.6 Å². The Labute approximate surface area is 263 Å². The first-order valence-corrected chi connectivity index (χ1v) is 15.6. The standard InChI is InChI=1S/C33H39Cl2NO5S/c1-7-28(33(20-39-32(5,6)40-21-33)36-30(37)41-31(2,3)4)27-15-14-26(18-29(27)35)42-25-13-9-12-24(17-25)38-19-22-10-8-11-23(34)16-22/h8-18,28H,7,19-21H2,1-6H3,(H,36,37). The number of amides is 1. The van der Waals surface area contributed by atoms with Gasteiger partial charge in [0.25, 0.3) is 0 Å². The Morgan fingerprint density at radius 1 is 1.00 bits per heavy atom. The van der Waals surface area contributed by atoms with Crippen molar-refractivity contribution in [2.45, 2.75) is 87.2 Å². The number of hydrogen-bond donors (Lipinski definition) is 1. The van der Waals surface area contributed by atoms with Crippen LogP contribution in [0.15, 0.2) is 76.5 Å². The number of carbonyl (C=O) groups excluding carboxylic acids is 1. The molecule has 0 aromatic heterocycles. The highest BCUT2D eigenvalue weighted by Crippen LogP contribution is 2.42. The van der Waals surface area contributed by atoms with Gasteiger partial charge in [-0.2, -0.15) is 0 Å². The first kappa shape index (κ1) is 32.5. The van der Waals surface area contributed by atoms with E-state index in [4.69, 9.17) is 42.1 Å². The average Bonchev–Trinajstić information content (AvgIpc) is 2.90. The minimum absolute atomic E-state index is 0.184. The zero-order chi connectivity index (χ0) is 30.5. The Bertz CT molecular complexity index is 1380. The second-order valence-electron chi connectivity index (χ2n) is 11.9. The summed E-state index contributed by atoms with van der Waals surface area (Å²) in [4.78, 5) is 15.0. The van der Waals surface area contributed by atoms with Gasteiger partial charge in [0.1, 0.15) is 18.0 Å². The third kappa shape index (κ3) is 8.80. The molecule has 0 bridgehead atoms. The van der Waals surface area contributed by atoms with Crippen LogP contribution in [0.2, 0.25) is 10.0 Å². The number of halogens is 2. The molecule has 1 fully saturated rings. The largest absolute Gasteiger partial charge is 0.489 e. The quantitative estimate of drug-likeness (QED) is 0.254. The van der Waals surface area contributed by atoms with Gasteiger partial charge in [-0.25, -0.2) is 4.79 Å². The van der Waals surface area contributed by atoms with E-state index in [1.165, 1.54) is 0 Å². The van der Waals surface area contributed by atoms with Crippen molar-refractivity contribution in [1.29, 1.82) is 0 Å². The number of hydrogen-bond acceptors (Lipinski definition) is 6. The number of benzene rings is 3. The van der Waals surface area contributed by atoms with E-state index in [0.29, 0.717) is 23.1 Å². The SMILES string of the molecule is CCC(c1ccc(Sc2cccc(OCc3cccc(Cl)c3)c2)cc1Cl)C1(NC(=O)OC(C)(C)C)COC(C)(C)OC1. The minimum Gasteiger partial charge on any atom is -0.489 e. The molecule has 226 valence electrons. The summed E-state index contributed by atoms with van der Waals surface area (Å²) in [6.07, 6.45) is 0.176. The lowest BCUT2D eigenvalue weighted by atomic mass is 9.77. The molecule has 1 aliphatic heterocycles.